The van der Waals surface area contributed by atoms with Gasteiger partial charge >= 0.3 is 0 Å². The molecule has 0 spiro atoms. The molecule has 54 heavy (non-hydrogen) atoms. The first kappa shape index (κ1) is 29.7. The highest BCUT2D eigenvalue weighted by Gasteiger charge is 2.38. The Balaban J connectivity index is 1.12. The summed E-state index contributed by atoms with van der Waals surface area (Å²) in [6.07, 6.45) is 0. The standard InChI is InChI=1S/C51H34N2O/c1-51(2)43-19-11-9-17-35(43)37-23-24-38-41-29-31(21-27-44(41)52(48(38)47(37)51)33-13-5-3-6-14-33)32-22-28-45-42(30-32)39-25-26-40-36-18-10-12-20-46(36)54-50(40)49(39)53(45)34-15-7-4-8-16-34/h3-30H,1-2H3. The molecule has 0 saturated carbocycles. The van der Waals surface area contributed by atoms with Crippen LogP contribution < -0.4 is 0 Å². The predicted molar refractivity (Wildman–Crippen MR) is 225 cm³/mol. The average molecular weight is 691 g/mol. The normalized spacial score (nSPS) is 13.5. The maximum Gasteiger partial charge on any atom is 0.160 e. The van der Waals surface area contributed by atoms with E-state index in [4.69, 9.17) is 4.42 Å². The number of rotatable bonds is 3. The number of furan rings is 1. The number of hydrogen-bond donors (Lipinski definition) is 0. The van der Waals surface area contributed by atoms with E-state index in [0.29, 0.717) is 0 Å². The van der Waals surface area contributed by atoms with Crippen molar-refractivity contribution in [3.63, 3.8) is 0 Å². The predicted octanol–water partition coefficient (Wildman–Crippen LogP) is 13.8. The maximum atomic E-state index is 6.64. The summed E-state index contributed by atoms with van der Waals surface area (Å²) in [6, 6.07) is 62.0. The van der Waals surface area contributed by atoms with E-state index in [0.717, 1.165) is 38.7 Å². The largest absolute Gasteiger partial charge is 0.454 e. The molecule has 0 bridgehead atoms. The molecule has 8 aromatic carbocycles. The molecule has 1 aliphatic carbocycles. The summed E-state index contributed by atoms with van der Waals surface area (Å²) in [7, 11) is 0. The zero-order chi connectivity index (χ0) is 35.7. The molecule has 0 atom stereocenters. The molecule has 0 fully saturated rings. The smallest absolute Gasteiger partial charge is 0.160 e. The summed E-state index contributed by atoms with van der Waals surface area (Å²) < 4.78 is 11.5. The van der Waals surface area contributed by atoms with Gasteiger partial charge in [0.25, 0.3) is 0 Å². The summed E-state index contributed by atoms with van der Waals surface area (Å²) in [5, 5.41) is 7.21. The van der Waals surface area contributed by atoms with Gasteiger partial charge in [0.2, 0.25) is 0 Å². The Bertz CT molecular complexity index is 3340. The minimum atomic E-state index is -0.140. The number of hydrogen-bond acceptors (Lipinski definition) is 1. The Morgan fingerprint density at radius 3 is 1.69 bits per heavy atom. The second-order valence-corrected chi connectivity index (χ2v) is 15.3. The third-order valence-corrected chi connectivity index (χ3v) is 12.1. The van der Waals surface area contributed by atoms with Crippen LogP contribution in [0.15, 0.2) is 174 Å². The molecule has 3 aromatic heterocycles. The lowest BCUT2D eigenvalue weighted by atomic mass is 9.81. The fraction of sp³-hybridized carbons (Fsp3) is 0.0588. The van der Waals surface area contributed by atoms with Crippen LogP contribution in [0.25, 0.3) is 99.2 Å². The van der Waals surface area contributed by atoms with E-state index in [-0.39, 0.29) is 5.41 Å². The number of para-hydroxylation sites is 3. The molecule has 0 saturated heterocycles. The fourth-order valence-electron chi connectivity index (χ4n) is 9.69. The molecule has 254 valence electrons. The van der Waals surface area contributed by atoms with Gasteiger partial charge in [-0.2, -0.15) is 0 Å². The van der Waals surface area contributed by atoms with Crippen LogP contribution in [0.1, 0.15) is 25.0 Å². The van der Waals surface area contributed by atoms with Gasteiger partial charge in [-0.1, -0.05) is 123 Å². The van der Waals surface area contributed by atoms with Crippen LogP contribution in [-0.2, 0) is 5.41 Å². The van der Waals surface area contributed by atoms with Crippen molar-refractivity contribution in [1.82, 2.24) is 9.13 Å². The van der Waals surface area contributed by atoms with Crippen LogP contribution in [0.2, 0.25) is 0 Å². The highest BCUT2D eigenvalue weighted by molar-refractivity contribution is 6.22. The molecule has 3 nitrogen and oxygen atoms in total. The zero-order valence-electron chi connectivity index (χ0n) is 30.0. The summed E-state index contributed by atoms with van der Waals surface area (Å²) in [6.45, 7) is 4.77. The highest BCUT2D eigenvalue weighted by atomic mass is 16.3. The summed E-state index contributed by atoms with van der Waals surface area (Å²) in [5.41, 5.74) is 16.6. The summed E-state index contributed by atoms with van der Waals surface area (Å²) in [5.74, 6) is 0. The van der Waals surface area contributed by atoms with Gasteiger partial charge in [-0.15, -0.1) is 0 Å². The SMILES string of the molecule is CC1(C)c2ccccc2-c2ccc3c4cc(-c5ccc6c(c5)c5ccc7c8ccccc8oc7c5n6-c5ccccc5)ccc4n(-c4ccccc4)c3c21. The van der Waals surface area contributed by atoms with Gasteiger partial charge in [0, 0.05) is 49.1 Å². The Morgan fingerprint density at radius 2 is 0.981 bits per heavy atom. The summed E-state index contributed by atoms with van der Waals surface area (Å²) >= 11 is 0. The Hall–Kier alpha value is -6.84. The molecular weight excluding hydrogens is 657 g/mol. The Labute approximate surface area is 311 Å². The first-order valence-corrected chi connectivity index (χ1v) is 18.8. The van der Waals surface area contributed by atoms with Crippen molar-refractivity contribution in [2.24, 2.45) is 0 Å². The molecule has 1 aliphatic rings. The van der Waals surface area contributed by atoms with Crippen molar-refractivity contribution < 1.29 is 4.42 Å². The van der Waals surface area contributed by atoms with Crippen LogP contribution in [0.5, 0.6) is 0 Å². The van der Waals surface area contributed by atoms with Gasteiger partial charge in [0.15, 0.2) is 5.58 Å². The lowest BCUT2D eigenvalue weighted by Gasteiger charge is -2.23. The highest BCUT2D eigenvalue weighted by Crippen LogP contribution is 2.53. The minimum absolute atomic E-state index is 0.140. The van der Waals surface area contributed by atoms with Crippen molar-refractivity contribution in [2.75, 3.05) is 0 Å². The van der Waals surface area contributed by atoms with Gasteiger partial charge in [-0.3, -0.25) is 0 Å². The van der Waals surface area contributed by atoms with Crippen molar-refractivity contribution in [3.8, 4) is 33.6 Å². The van der Waals surface area contributed by atoms with E-state index >= 15 is 0 Å². The number of fused-ring (bicyclic) bond motifs is 14. The van der Waals surface area contributed by atoms with E-state index in [2.05, 4.69) is 187 Å². The molecule has 0 amide bonds. The van der Waals surface area contributed by atoms with E-state index in [1.54, 1.807) is 0 Å². The van der Waals surface area contributed by atoms with Crippen molar-refractivity contribution in [2.45, 2.75) is 19.3 Å². The lowest BCUT2D eigenvalue weighted by molar-refractivity contribution is 0.664. The first-order valence-electron chi connectivity index (χ1n) is 18.8. The molecule has 0 N–H and O–H groups in total. The van der Waals surface area contributed by atoms with Crippen LogP contribution in [-0.4, -0.2) is 9.13 Å². The van der Waals surface area contributed by atoms with Gasteiger partial charge in [0.05, 0.1) is 22.1 Å². The van der Waals surface area contributed by atoms with Crippen LogP contribution in [0.3, 0.4) is 0 Å². The second kappa shape index (κ2) is 10.6. The van der Waals surface area contributed by atoms with Gasteiger partial charge in [-0.25, -0.2) is 0 Å². The molecule has 3 heterocycles. The van der Waals surface area contributed by atoms with Crippen molar-refractivity contribution >= 4 is 65.6 Å². The second-order valence-electron chi connectivity index (χ2n) is 15.3. The van der Waals surface area contributed by atoms with Gasteiger partial charge < -0.3 is 13.6 Å². The monoisotopic (exact) mass is 690 g/mol. The first-order chi connectivity index (χ1) is 26.6. The Morgan fingerprint density at radius 1 is 0.426 bits per heavy atom. The molecular formula is C51H34N2O. The third-order valence-electron chi connectivity index (χ3n) is 12.1. The molecule has 0 radical (unpaired) electrons. The average Bonchev–Trinajstić information content (AvgIpc) is 3.93. The minimum Gasteiger partial charge on any atom is -0.454 e. The quantitative estimate of drug-likeness (QED) is 0.181. The van der Waals surface area contributed by atoms with Crippen LogP contribution in [0.4, 0.5) is 0 Å². The van der Waals surface area contributed by atoms with E-state index < -0.39 is 0 Å². The topological polar surface area (TPSA) is 23.0 Å². The van der Waals surface area contributed by atoms with Crippen molar-refractivity contribution in [3.05, 3.63) is 181 Å². The zero-order valence-corrected chi connectivity index (χ0v) is 30.0. The number of nitrogens with zero attached hydrogens (tertiary/aromatic N) is 2. The van der Waals surface area contributed by atoms with Crippen LogP contribution in [0, 0.1) is 0 Å². The third kappa shape index (κ3) is 3.85. The molecule has 0 unspecified atom stereocenters. The van der Waals surface area contributed by atoms with E-state index in [1.165, 1.54) is 71.6 Å². The number of benzene rings is 8. The van der Waals surface area contributed by atoms with E-state index in [1.807, 2.05) is 6.07 Å². The molecule has 11 aromatic rings. The lowest BCUT2D eigenvalue weighted by Crippen LogP contribution is -2.16. The Kier molecular flexibility index (Phi) is 5.84. The fourth-order valence-corrected chi connectivity index (χ4v) is 9.69. The van der Waals surface area contributed by atoms with Crippen molar-refractivity contribution in [1.29, 1.82) is 0 Å². The van der Waals surface area contributed by atoms with Crippen LogP contribution >= 0.6 is 0 Å². The summed E-state index contributed by atoms with van der Waals surface area (Å²) in [4.78, 5) is 0. The maximum absolute atomic E-state index is 6.64. The number of aromatic nitrogens is 2. The van der Waals surface area contributed by atoms with Gasteiger partial charge in [0.1, 0.15) is 5.58 Å². The van der Waals surface area contributed by atoms with E-state index in [9.17, 15) is 0 Å². The van der Waals surface area contributed by atoms with Gasteiger partial charge in [-0.05, 0) is 94.0 Å². The molecule has 12 rings (SSSR count). The molecule has 3 heteroatoms. The molecule has 0 aliphatic heterocycles.